The Kier molecular flexibility index (Phi) is 4.79. The first-order valence-corrected chi connectivity index (χ1v) is 6.58. The number of nitrogens with one attached hydrogen (secondary N) is 1. The quantitative estimate of drug-likeness (QED) is 0.669. The van der Waals surface area contributed by atoms with Crippen LogP contribution in [0.2, 0.25) is 0 Å². The summed E-state index contributed by atoms with van der Waals surface area (Å²) in [6.45, 7) is -0.209. The Labute approximate surface area is 122 Å². The van der Waals surface area contributed by atoms with Crippen LogP contribution in [-0.2, 0) is 6.42 Å². The van der Waals surface area contributed by atoms with Crippen LogP contribution in [0.15, 0.2) is 48.5 Å². The molecule has 0 aliphatic carbocycles. The number of rotatable bonds is 5. The topological polar surface area (TPSA) is 89.8 Å². The van der Waals surface area contributed by atoms with Gasteiger partial charge in [0.1, 0.15) is 11.5 Å². The van der Waals surface area contributed by atoms with Crippen molar-refractivity contribution in [3.63, 3.8) is 0 Å². The molecule has 110 valence electrons. The highest BCUT2D eigenvalue weighted by atomic mass is 16.3. The van der Waals surface area contributed by atoms with E-state index in [0.29, 0.717) is 6.42 Å². The summed E-state index contributed by atoms with van der Waals surface area (Å²) in [5.41, 5.74) is 1.05. The first-order chi connectivity index (χ1) is 10.1. The van der Waals surface area contributed by atoms with Crippen LogP contribution >= 0.6 is 0 Å². The predicted molar refractivity (Wildman–Crippen MR) is 78.3 cm³/mol. The van der Waals surface area contributed by atoms with Crippen LogP contribution in [0.3, 0.4) is 0 Å². The second-order valence-electron chi connectivity index (χ2n) is 4.74. The zero-order chi connectivity index (χ0) is 15.2. The van der Waals surface area contributed by atoms with E-state index >= 15 is 0 Å². The van der Waals surface area contributed by atoms with Crippen LogP contribution < -0.4 is 5.32 Å². The number of hydrogen-bond donors (Lipinski definition) is 4. The zero-order valence-electron chi connectivity index (χ0n) is 11.4. The highest BCUT2D eigenvalue weighted by molar-refractivity contribution is 5.97. The van der Waals surface area contributed by atoms with Crippen molar-refractivity contribution in [3.8, 4) is 11.5 Å². The highest BCUT2D eigenvalue weighted by Gasteiger charge is 2.16. The van der Waals surface area contributed by atoms with E-state index in [2.05, 4.69) is 5.32 Å². The number of phenolic OH excluding ortho intramolecular Hbond substituents is 2. The molecular weight excluding hydrogens is 270 g/mol. The van der Waals surface area contributed by atoms with Crippen LogP contribution in [0.5, 0.6) is 11.5 Å². The molecule has 5 nitrogen and oxygen atoms in total. The SMILES string of the molecule is O=C(N[C@@H](CO)Cc1ccccc1)c1ccc(O)cc1O. The molecule has 0 unspecified atom stereocenters. The third kappa shape index (κ3) is 3.97. The number of aliphatic hydroxyl groups is 1. The lowest BCUT2D eigenvalue weighted by molar-refractivity contribution is 0.0914. The molecule has 1 amide bonds. The molecule has 0 aliphatic heterocycles. The number of aromatic hydroxyl groups is 2. The van der Waals surface area contributed by atoms with Crippen LogP contribution in [0, 0.1) is 0 Å². The number of hydrogen-bond acceptors (Lipinski definition) is 4. The van der Waals surface area contributed by atoms with Crippen LogP contribution in [-0.4, -0.2) is 33.9 Å². The minimum Gasteiger partial charge on any atom is -0.508 e. The van der Waals surface area contributed by atoms with Gasteiger partial charge < -0.3 is 20.6 Å². The highest BCUT2D eigenvalue weighted by Crippen LogP contribution is 2.22. The first kappa shape index (κ1) is 14.9. The Morgan fingerprint density at radius 3 is 2.43 bits per heavy atom. The molecular formula is C16H17NO4. The lowest BCUT2D eigenvalue weighted by atomic mass is 10.1. The van der Waals surface area contributed by atoms with E-state index in [1.807, 2.05) is 30.3 Å². The monoisotopic (exact) mass is 287 g/mol. The number of amides is 1. The maximum Gasteiger partial charge on any atom is 0.255 e. The average Bonchev–Trinajstić information content (AvgIpc) is 2.47. The molecule has 5 heteroatoms. The molecule has 2 aromatic rings. The van der Waals surface area contributed by atoms with Gasteiger partial charge in [0, 0.05) is 6.07 Å². The summed E-state index contributed by atoms with van der Waals surface area (Å²) >= 11 is 0. The van der Waals surface area contributed by atoms with E-state index in [9.17, 15) is 20.1 Å². The van der Waals surface area contributed by atoms with Crippen molar-refractivity contribution in [1.29, 1.82) is 0 Å². The van der Waals surface area contributed by atoms with E-state index in [0.717, 1.165) is 11.6 Å². The summed E-state index contributed by atoms with van der Waals surface area (Å²) in [7, 11) is 0. The summed E-state index contributed by atoms with van der Waals surface area (Å²) in [5.74, 6) is -0.918. The molecule has 0 radical (unpaired) electrons. The minimum absolute atomic E-state index is 0.0549. The standard InChI is InChI=1S/C16H17NO4/c18-10-12(8-11-4-2-1-3-5-11)17-16(21)14-7-6-13(19)9-15(14)20/h1-7,9,12,18-20H,8,10H2,(H,17,21)/t12-/m1/s1. The molecule has 0 saturated carbocycles. The Morgan fingerprint density at radius 1 is 1.10 bits per heavy atom. The molecule has 21 heavy (non-hydrogen) atoms. The average molecular weight is 287 g/mol. The Morgan fingerprint density at radius 2 is 1.81 bits per heavy atom. The summed E-state index contributed by atoms with van der Waals surface area (Å²) in [5, 5.41) is 30.9. The lowest BCUT2D eigenvalue weighted by Crippen LogP contribution is -2.39. The fraction of sp³-hybridized carbons (Fsp3) is 0.188. The van der Waals surface area contributed by atoms with Crippen LogP contribution in [0.25, 0.3) is 0 Å². The molecule has 2 rings (SSSR count). The fourth-order valence-electron chi connectivity index (χ4n) is 2.04. The molecule has 0 aliphatic rings. The normalized spacial score (nSPS) is 11.9. The van der Waals surface area contributed by atoms with Gasteiger partial charge in [-0.2, -0.15) is 0 Å². The summed E-state index contributed by atoms with van der Waals surface area (Å²) in [6, 6.07) is 12.8. The fourth-order valence-corrected chi connectivity index (χ4v) is 2.04. The number of phenols is 2. The number of benzene rings is 2. The molecule has 0 aromatic heterocycles. The smallest absolute Gasteiger partial charge is 0.255 e. The molecule has 1 atom stereocenters. The molecule has 0 saturated heterocycles. The lowest BCUT2D eigenvalue weighted by Gasteiger charge is -2.17. The Balaban J connectivity index is 2.06. The van der Waals surface area contributed by atoms with Crippen molar-refractivity contribution >= 4 is 5.91 Å². The van der Waals surface area contributed by atoms with Crippen molar-refractivity contribution in [3.05, 3.63) is 59.7 Å². The van der Waals surface area contributed by atoms with Crippen molar-refractivity contribution in [2.75, 3.05) is 6.61 Å². The summed E-state index contributed by atoms with van der Waals surface area (Å²) < 4.78 is 0. The maximum atomic E-state index is 12.1. The second kappa shape index (κ2) is 6.76. The molecule has 0 heterocycles. The third-order valence-corrected chi connectivity index (χ3v) is 3.11. The predicted octanol–water partition coefficient (Wildman–Crippen LogP) is 1.43. The van der Waals surface area contributed by atoms with Gasteiger partial charge in [-0.05, 0) is 24.1 Å². The van der Waals surface area contributed by atoms with Gasteiger partial charge in [0.25, 0.3) is 5.91 Å². The Bertz CT molecular complexity index is 613. The van der Waals surface area contributed by atoms with E-state index in [1.54, 1.807) is 0 Å². The number of carbonyl (C=O) groups is 1. The van der Waals surface area contributed by atoms with Crippen molar-refractivity contribution < 1.29 is 20.1 Å². The van der Waals surface area contributed by atoms with Gasteiger partial charge in [-0.15, -0.1) is 0 Å². The van der Waals surface area contributed by atoms with Crippen molar-refractivity contribution in [2.45, 2.75) is 12.5 Å². The molecule has 2 aromatic carbocycles. The van der Waals surface area contributed by atoms with Crippen molar-refractivity contribution in [1.82, 2.24) is 5.32 Å². The van der Waals surface area contributed by atoms with Gasteiger partial charge in [-0.25, -0.2) is 0 Å². The van der Waals surface area contributed by atoms with Gasteiger partial charge >= 0.3 is 0 Å². The van der Waals surface area contributed by atoms with Gasteiger partial charge in [0.05, 0.1) is 18.2 Å². The molecule has 0 fully saturated rings. The molecule has 0 spiro atoms. The summed E-state index contributed by atoms with van der Waals surface area (Å²) in [4.78, 5) is 12.1. The van der Waals surface area contributed by atoms with Gasteiger partial charge in [0.2, 0.25) is 0 Å². The van der Waals surface area contributed by atoms with E-state index < -0.39 is 11.9 Å². The maximum absolute atomic E-state index is 12.1. The zero-order valence-corrected chi connectivity index (χ0v) is 11.4. The van der Waals surface area contributed by atoms with Crippen LogP contribution in [0.1, 0.15) is 15.9 Å². The second-order valence-corrected chi connectivity index (χ2v) is 4.74. The third-order valence-electron chi connectivity index (χ3n) is 3.11. The van der Waals surface area contributed by atoms with E-state index in [-0.39, 0.29) is 23.7 Å². The van der Waals surface area contributed by atoms with Gasteiger partial charge in [-0.1, -0.05) is 30.3 Å². The molecule has 4 N–H and O–H groups in total. The largest absolute Gasteiger partial charge is 0.508 e. The van der Waals surface area contributed by atoms with E-state index in [4.69, 9.17) is 0 Å². The van der Waals surface area contributed by atoms with Gasteiger partial charge in [0.15, 0.2) is 0 Å². The number of carbonyl (C=O) groups excluding carboxylic acids is 1. The summed E-state index contributed by atoms with van der Waals surface area (Å²) in [6.07, 6.45) is 0.488. The van der Waals surface area contributed by atoms with Crippen LogP contribution in [0.4, 0.5) is 0 Å². The number of aliphatic hydroxyl groups excluding tert-OH is 1. The molecule has 0 bridgehead atoms. The minimum atomic E-state index is -0.498. The van der Waals surface area contributed by atoms with Crippen molar-refractivity contribution in [2.24, 2.45) is 0 Å². The van der Waals surface area contributed by atoms with E-state index in [1.165, 1.54) is 12.1 Å². The first-order valence-electron chi connectivity index (χ1n) is 6.58. The Hall–Kier alpha value is -2.53. The van der Waals surface area contributed by atoms with Gasteiger partial charge in [-0.3, -0.25) is 4.79 Å².